The van der Waals surface area contributed by atoms with Crippen molar-refractivity contribution in [2.45, 2.75) is 11.8 Å². The third kappa shape index (κ3) is 4.04. The molecule has 2 aromatic carbocycles. The SMILES string of the molecule is COc1ccc(N(CC(=O)O)S(=O)(=O)c2ccc(C)c(N([O-])O)c2)cc1. The first-order valence-electron chi connectivity index (χ1n) is 7.32. The van der Waals surface area contributed by atoms with Gasteiger partial charge >= 0.3 is 5.97 Å². The van der Waals surface area contributed by atoms with Crippen LogP contribution >= 0.6 is 0 Å². The average molecular weight is 381 g/mol. The van der Waals surface area contributed by atoms with Crippen molar-refractivity contribution in [3.05, 3.63) is 53.2 Å². The summed E-state index contributed by atoms with van der Waals surface area (Å²) in [6.45, 7) is 0.698. The summed E-state index contributed by atoms with van der Waals surface area (Å²) >= 11 is 0. The van der Waals surface area contributed by atoms with E-state index in [0.717, 1.165) is 6.07 Å². The minimum absolute atomic E-state index is 0.110. The quantitative estimate of drug-likeness (QED) is 0.696. The highest BCUT2D eigenvalue weighted by atomic mass is 32.2. The Hall–Kier alpha value is -2.82. The number of benzene rings is 2. The van der Waals surface area contributed by atoms with Crippen molar-refractivity contribution in [3.8, 4) is 5.75 Å². The maximum absolute atomic E-state index is 12.9. The number of aryl methyl sites for hydroxylation is 1. The topological polar surface area (TPSA) is 130 Å². The fourth-order valence-electron chi connectivity index (χ4n) is 2.27. The summed E-state index contributed by atoms with van der Waals surface area (Å²) in [5.41, 5.74) is 0.213. The van der Waals surface area contributed by atoms with Crippen LogP contribution in [0.2, 0.25) is 0 Å². The molecule has 2 rings (SSSR count). The van der Waals surface area contributed by atoms with E-state index < -0.39 is 27.8 Å². The van der Waals surface area contributed by atoms with Crippen molar-refractivity contribution in [1.82, 2.24) is 0 Å². The number of rotatable bonds is 7. The molecule has 26 heavy (non-hydrogen) atoms. The van der Waals surface area contributed by atoms with Crippen LogP contribution < -0.4 is 14.3 Å². The highest BCUT2D eigenvalue weighted by Crippen LogP contribution is 2.29. The summed E-state index contributed by atoms with van der Waals surface area (Å²) in [6, 6.07) is 9.35. The number of aliphatic carboxylic acids is 1. The number of carboxylic acids is 1. The van der Waals surface area contributed by atoms with Gasteiger partial charge in [0.25, 0.3) is 10.0 Å². The predicted octanol–water partition coefficient (Wildman–Crippen LogP) is 1.98. The number of hydrogen-bond acceptors (Lipinski definition) is 7. The van der Waals surface area contributed by atoms with E-state index >= 15 is 0 Å². The van der Waals surface area contributed by atoms with Gasteiger partial charge in [-0.1, -0.05) is 6.07 Å². The van der Waals surface area contributed by atoms with Crippen LogP contribution in [-0.4, -0.2) is 38.4 Å². The molecule has 0 heterocycles. The second kappa shape index (κ2) is 7.60. The summed E-state index contributed by atoms with van der Waals surface area (Å²) in [7, 11) is -2.86. The molecule has 0 aliphatic rings. The first-order chi connectivity index (χ1) is 12.2. The second-order valence-corrected chi connectivity index (χ2v) is 7.19. The van der Waals surface area contributed by atoms with E-state index in [1.54, 1.807) is 0 Å². The van der Waals surface area contributed by atoms with Crippen LogP contribution in [0.4, 0.5) is 11.4 Å². The number of nitrogens with zero attached hydrogens (tertiary/aromatic N) is 2. The van der Waals surface area contributed by atoms with Gasteiger partial charge in [0.05, 0.1) is 23.4 Å². The number of ether oxygens (including phenoxy) is 1. The van der Waals surface area contributed by atoms with E-state index in [4.69, 9.17) is 15.1 Å². The lowest BCUT2D eigenvalue weighted by molar-refractivity contribution is -0.135. The van der Waals surface area contributed by atoms with Crippen molar-refractivity contribution in [3.63, 3.8) is 0 Å². The van der Waals surface area contributed by atoms with E-state index in [9.17, 15) is 18.4 Å². The summed E-state index contributed by atoms with van der Waals surface area (Å²) in [5, 5.41) is 29.0. The molecule has 140 valence electrons. The molecule has 0 fully saturated rings. The molecular formula is C16H17N2O7S-. The number of carbonyl (C=O) groups is 1. The number of anilines is 2. The van der Waals surface area contributed by atoms with Gasteiger partial charge in [-0.05, 0) is 48.9 Å². The van der Waals surface area contributed by atoms with Crippen LogP contribution in [0.3, 0.4) is 0 Å². The van der Waals surface area contributed by atoms with Gasteiger partial charge in [0.15, 0.2) is 0 Å². The Morgan fingerprint density at radius 3 is 2.31 bits per heavy atom. The molecule has 2 aromatic rings. The smallest absolute Gasteiger partial charge is 0.324 e. The van der Waals surface area contributed by atoms with E-state index in [-0.39, 0.29) is 16.3 Å². The lowest BCUT2D eigenvalue weighted by Gasteiger charge is -2.26. The van der Waals surface area contributed by atoms with Gasteiger partial charge in [-0.15, -0.1) is 0 Å². The molecule has 10 heteroatoms. The third-order valence-electron chi connectivity index (χ3n) is 3.61. The van der Waals surface area contributed by atoms with E-state index in [1.165, 1.54) is 50.4 Å². The van der Waals surface area contributed by atoms with Crippen molar-refractivity contribution in [1.29, 1.82) is 0 Å². The Morgan fingerprint density at radius 2 is 1.81 bits per heavy atom. The van der Waals surface area contributed by atoms with Gasteiger partial charge in [-0.2, -0.15) is 0 Å². The normalized spacial score (nSPS) is 11.1. The molecule has 0 spiro atoms. The summed E-state index contributed by atoms with van der Waals surface area (Å²) in [6.07, 6.45) is 0. The summed E-state index contributed by atoms with van der Waals surface area (Å²) in [4.78, 5) is 10.9. The van der Waals surface area contributed by atoms with Gasteiger partial charge in [0, 0.05) is 0 Å². The van der Waals surface area contributed by atoms with Crippen LogP contribution in [0.15, 0.2) is 47.4 Å². The standard InChI is InChI=1S/C16H17N2O7S/c1-11-3-8-14(9-15(11)18(21)22)26(23,24)17(10-16(19)20)12-4-6-13(25-2)7-5-12/h3-9,21H,10H2,1-2H3,(H,19,20)/q-1. The molecule has 0 aliphatic heterocycles. The Bertz CT molecular complexity index is 895. The number of hydrogen-bond donors (Lipinski definition) is 2. The van der Waals surface area contributed by atoms with Crippen LogP contribution in [0.5, 0.6) is 5.75 Å². The van der Waals surface area contributed by atoms with Gasteiger partial charge in [-0.25, -0.2) is 8.42 Å². The highest BCUT2D eigenvalue weighted by Gasteiger charge is 2.27. The molecule has 0 aromatic heterocycles. The summed E-state index contributed by atoms with van der Waals surface area (Å²) in [5.74, 6) is -0.884. The van der Waals surface area contributed by atoms with Gasteiger partial charge < -0.3 is 20.3 Å². The maximum atomic E-state index is 12.9. The molecule has 0 atom stereocenters. The fraction of sp³-hybridized carbons (Fsp3) is 0.188. The minimum Gasteiger partial charge on any atom is -0.733 e. The molecule has 0 bridgehead atoms. The predicted molar refractivity (Wildman–Crippen MR) is 94.0 cm³/mol. The Kier molecular flexibility index (Phi) is 5.70. The van der Waals surface area contributed by atoms with Crippen molar-refractivity contribution in [2.24, 2.45) is 0 Å². The van der Waals surface area contributed by atoms with Crippen molar-refractivity contribution < 1.29 is 28.3 Å². The van der Waals surface area contributed by atoms with Crippen LogP contribution in [0.1, 0.15) is 5.56 Å². The first kappa shape index (κ1) is 19.5. The maximum Gasteiger partial charge on any atom is 0.324 e. The Labute approximate surface area is 150 Å². The zero-order valence-corrected chi connectivity index (χ0v) is 14.8. The molecule has 2 N–H and O–H groups in total. The number of sulfonamides is 1. The minimum atomic E-state index is -4.31. The number of methoxy groups -OCH3 is 1. The average Bonchev–Trinajstić information content (AvgIpc) is 2.59. The lowest BCUT2D eigenvalue weighted by atomic mass is 10.2. The molecule has 9 nitrogen and oxygen atoms in total. The van der Waals surface area contributed by atoms with E-state index in [2.05, 4.69) is 0 Å². The van der Waals surface area contributed by atoms with Crippen LogP contribution in [0, 0.1) is 12.1 Å². The van der Waals surface area contributed by atoms with E-state index in [1.807, 2.05) is 0 Å². The van der Waals surface area contributed by atoms with Crippen molar-refractivity contribution in [2.75, 3.05) is 23.2 Å². The van der Waals surface area contributed by atoms with Gasteiger partial charge in [0.2, 0.25) is 0 Å². The first-order valence-corrected chi connectivity index (χ1v) is 8.76. The lowest BCUT2D eigenvalue weighted by Crippen LogP contribution is -2.35. The Balaban J connectivity index is 2.55. The highest BCUT2D eigenvalue weighted by molar-refractivity contribution is 7.92. The molecule has 0 unspecified atom stereocenters. The summed E-state index contributed by atoms with van der Waals surface area (Å²) < 4.78 is 31.6. The fourth-order valence-corrected chi connectivity index (χ4v) is 3.70. The van der Waals surface area contributed by atoms with Crippen LogP contribution in [-0.2, 0) is 14.8 Å². The molecule has 0 saturated heterocycles. The zero-order valence-electron chi connectivity index (χ0n) is 14.0. The number of carboxylic acid groups (broad SMARTS) is 1. The Morgan fingerprint density at radius 1 is 1.19 bits per heavy atom. The van der Waals surface area contributed by atoms with E-state index in [0.29, 0.717) is 15.6 Å². The van der Waals surface area contributed by atoms with Crippen molar-refractivity contribution >= 4 is 27.4 Å². The molecule has 0 saturated carbocycles. The zero-order chi connectivity index (χ0) is 19.5. The van der Waals surface area contributed by atoms with Gasteiger partial charge in [-0.3, -0.25) is 14.3 Å². The molecule has 0 amide bonds. The van der Waals surface area contributed by atoms with Crippen LogP contribution in [0.25, 0.3) is 0 Å². The van der Waals surface area contributed by atoms with Gasteiger partial charge in [0.1, 0.15) is 12.3 Å². The molecular weight excluding hydrogens is 364 g/mol. The molecule has 0 radical (unpaired) electrons. The second-order valence-electron chi connectivity index (χ2n) is 5.32. The largest absolute Gasteiger partial charge is 0.733 e. The molecule has 0 aliphatic carbocycles. The third-order valence-corrected chi connectivity index (χ3v) is 5.38. The monoisotopic (exact) mass is 381 g/mol.